The van der Waals surface area contributed by atoms with Crippen LogP contribution in [-0.2, 0) is 4.74 Å². The van der Waals surface area contributed by atoms with Crippen molar-refractivity contribution < 1.29 is 17.9 Å². The van der Waals surface area contributed by atoms with Crippen molar-refractivity contribution in [2.24, 2.45) is 0 Å². The third kappa shape index (κ3) is 2.07. The molecule has 11 heavy (non-hydrogen) atoms. The highest BCUT2D eigenvalue weighted by Gasteiger charge is 2.43. The molecule has 0 saturated carbocycles. The molecule has 1 fully saturated rings. The fourth-order valence-electron chi connectivity index (χ4n) is 1.13. The van der Waals surface area contributed by atoms with Gasteiger partial charge in [0.15, 0.2) is 0 Å². The van der Waals surface area contributed by atoms with Crippen LogP contribution in [0.5, 0.6) is 0 Å². The van der Waals surface area contributed by atoms with Crippen LogP contribution < -0.4 is 0 Å². The molecule has 1 heterocycles. The van der Waals surface area contributed by atoms with Crippen LogP contribution in [0.2, 0.25) is 0 Å². The van der Waals surface area contributed by atoms with Crippen LogP contribution in [0.1, 0.15) is 6.42 Å². The predicted molar refractivity (Wildman–Crippen MR) is 33.0 cm³/mol. The van der Waals surface area contributed by atoms with Crippen LogP contribution in [-0.4, -0.2) is 37.5 Å². The summed E-state index contributed by atoms with van der Waals surface area (Å²) in [4.78, 5) is 1.17. The summed E-state index contributed by atoms with van der Waals surface area (Å²) in [5.41, 5.74) is 0. The Kier molecular flexibility index (Phi) is 2.39. The van der Waals surface area contributed by atoms with E-state index in [1.165, 1.54) is 11.9 Å². The van der Waals surface area contributed by atoms with E-state index >= 15 is 0 Å². The first-order valence-electron chi connectivity index (χ1n) is 3.36. The first-order chi connectivity index (χ1) is 5.02. The average Bonchev–Trinajstić information content (AvgIpc) is 1.86. The van der Waals surface area contributed by atoms with Gasteiger partial charge in [0.2, 0.25) is 0 Å². The maximum Gasteiger partial charge on any atom is 0.404 e. The smallest absolute Gasteiger partial charge is 0.366 e. The van der Waals surface area contributed by atoms with Crippen molar-refractivity contribution >= 4 is 0 Å². The molecule has 0 aliphatic carbocycles. The summed E-state index contributed by atoms with van der Waals surface area (Å²) < 4.78 is 41.1. The lowest BCUT2D eigenvalue weighted by molar-refractivity contribution is -0.211. The molecular formula is C6H10F3NO. The summed E-state index contributed by atoms with van der Waals surface area (Å²) in [5.74, 6) is 0. The predicted octanol–water partition coefficient (Wildman–Crippen LogP) is 1.23. The van der Waals surface area contributed by atoms with Gasteiger partial charge in [-0.1, -0.05) is 0 Å². The average molecular weight is 169 g/mol. The zero-order valence-electron chi connectivity index (χ0n) is 6.19. The Balaban J connectivity index is 2.55. The minimum Gasteiger partial charge on any atom is -0.366 e. The van der Waals surface area contributed by atoms with Gasteiger partial charge < -0.3 is 4.74 Å². The van der Waals surface area contributed by atoms with Crippen molar-refractivity contribution in [3.8, 4) is 0 Å². The molecule has 1 aliphatic rings. The summed E-state index contributed by atoms with van der Waals surface area (Å²) in [6.07, 6.45) is -4.07. The number of nitrogens with zero attached hydrogens (tertiary/aromatic N) is 1. The van der Waals surface area contributed by atoms with E-state index in [4.69, 9.17) is 4.74 Å². The van der Waals surface area contributed by atoms with E-state index in [0.717, 1.165) is 0 Å². The van der Waals surface area contributed by atoms with Gasteiger partial charge in [0.25, 0.3) is 0 Å². The molecule has 2 nitrogen and oxygen atoms in total. The second kappa shape index (κ2) is 2.98. The summed E-state index contributed by atoms with van der Waals surface area (Å²) in [6, 6.07) is -1.32. The molecule has 1 atom stereocenters. The molecule has 1 aliphatic heterocycles. The summed E-state index contributed by atoms with van der Waals surface area (Å²) in [6.45, 7) is 0.276. The van der Waals surface area contributed by atoms with E-state index in [9.17, 15) is 13.2 Å². The fourth-order valence-corrected chi connectivity index (χ4v) is 1.13. The Labute approximate surface area is 62.9 Å². The maximum atomic E-state index is 12.1. The third-order valence-electron chi connectivity index (χ3n) is 1.74. The Bertz CT molecular complexity index is 136. The van der Waals surface area contributed by atoms with Crippen molar-refractivity contribution in [2.45, 2.75) is 18.6 Å². The van der Waals surface area contributed by atoms with Crippen molar-refractivity contribution in [1.82, 2.24) is 4.90 Å². The molecule has 66 valence electrons. The van der Waals surface area contributed by atoms with E-state index in [1.54, 1.807) is 0 Å². The van der Waals surface area contributed by atoms with Gasteiger partial charge in [0, 0.05) is 0 Å². The Morgan fingerprint density at radius 1 is 1.45 bits per heavy atom. The highest BCUT2D eigenvalue weighted by molar-refractivity contribution is 4.77. The molecule has 0 radical (unpaired) electrons. The van der Waals surface area contributed by atoms with Crippen molar-refractivity contribution in [2.75, 3.05) is 20.4 Å². The summed E-state index contributed by atoms with van der Waals surface area (Å²) in [7, 11) is 1.41. The van der Waals surface area contributed by atoms with E-state index < -0.39 is 12.2 Å². The van der Waals surface area contributed by atoms with E-state index in [1.807, 2.05) is 0 Å². The number of rotatable bonds is 0. The molecule has 0 amide bonds. The second-order valence-corrected chi connectivity index (χ2v) is 2.64. The molecule has 0 spiro atoms. The van der Waals surface area contributed by atoms with Crippen LogP contribution >= 0.6 is 0 Å². The molecule has 0 aromatic heterocycles. The lowest BCUT2D eigenvalue weighted by Crippen LogP contribution is -2.48. The van der Waals surface area contributed by atoms with Crippen LogP contribution in [0, 0.1) is 0 Å². The first kappa shape index (κ1) is 8.80. The van der Waals surface area contributed by atoms with Gasteiger partial charge >= 0.3 is 6.18 Å². The number of hydrogen-bond donors (Lipinski definition) is 0. The highest BCUT2D eigenvalue weighted by Crippen LogP contribution is 2.28. The quantitative estimate of drug-likeness (QED) is 0.540. The molecule has 1 unspecified atom stereocenters. The van der Waals surface area contributed by atoms with Crippen LogP contribution in [0.4, 0.5) is 13.2 Å². The van der Waals surface area contributed by atoms with E-state index in [-0.39, 0.29) is 19.8 Å². The van der Waals surface area contributed by atoms with Crippen LogP contribution in [0.3, 0.4) is 0 Å². The van der Waals surface area contributed by atoms with Crippen LogP contribution in [0.25, 0.3) is 0 Å². The standard InChI is InChI=1S/C6H10F3NO/c1-10-4-11-3-2-5(10)6(7,8)9/h5H,2-4H2,1H3. The molecule has 0 aromatic carbocycles. The zero-order chi connectivity index (χ0) is 8.48. The SMILES string of the molecule is CN1COCCC1C(F)(F)F. The molecule has 1 saturated heterocycles. The monoisotopic (exact) mass is 169 g/mol. The largest absolute Gasteiger partial charge is 0.404 e. The minimum absolute atomic E-state index is 0.0417. The van der Waals surface area contributed by atoms with Gasteiger partial charge in [-0.3, -0.25) is 4.90 Å². The highest BCUT2D eigenvalue weighted by atomic mass is 19.4. The van der Waals surface area contributed by atoms with Crippen molar-refractivity contribution in [3.05, 3.63) is 0 Å². The maximum absolute atomic E-state index is 12.1. The molecule has 0 aromatic rings. The Morgan fingerprint density at radius 2 is 2.09 bits per heavy atom. The van der Waals surface area contributed by atoms with Crippen molar-refractivity contribution in [3.63, 3.8) is 0 Å². The summed E-state index contributed by atoms with van der Waals surface area (Å²) in [5, 5.41) is 0. The van der Waals surface area contributed by atoms with Gasteiger partial charge in [0.05, 0.1) is 13.3 Å². The van der Waals surface area contributed by atoms with E-state index in [2.05, 4.69) is 0 Å². The number of hydrogen-bond acceptors (Lipinski definition) is 2. The van der Waals surface area contributed by atoms with Gasteiger partial charge in [0.1, 0.15) is 6.04 Å². The number of halogens is 3. The topological polar surface area (TPSA) is 12.5 Å². The molecule has 5 heteroatoms. The fraction of sp³-hybridized carbons (Fsp3) is 1.00. The Morgan fingerprint density at radius 3 is 2.45 bits per heavy atom. The normalized spacial score (nSPS) is 28.9. The molecule has 1 rings (SSSR count). The first-order valence-corrected chi connectivity index (χ1v) is 3.36. The number of alkyl halides is 3. The Hall–Kier alpha value is -0.290. The summed E-state index contributed by atoms with van der Waals surface area (Å²) >= 11 is 0. The molecular weight excluding hydrogens is 159 g/mol. The van der Waals surface area contributed by atoms with E-state index in [0.29, 0.717) is 0 Å². The molecule has 0 bridgehead atoms. The van der Waals surface area contributed by atoms with Gasteiger partial charge in [-0.25, -0.2) is 0 Å². The molecule has 0 N–H and O–H groups in total. The lowest BCUT2D eigenvalue weighted by Gasteiger charge is -2.33. The second-order valence-electron chi connectivity index (χ2n) is 2.64. The lowest BCUT2D eigenvalue weighted by atomic mass is 10.2. The van der Waals surface area contributed by atoms with Crippen LogP contribution in [0.15, 0.2) is 0 Å². The minimum atomic E-state index is -4.11. The van der Waals surface area contributed by atoms with Gasteiger partial charge in [-0.2, -0.15) is 13.2 Å². The third-order valence-corrected chi connectivity index (χ3v) is 1.74. The number of ether oxygens (including phenoxy) is 1. The van der Waals surface area contributed by atoms with Gasteiger partial charge in [-0.15, -0.1) is 0 Å². The zero-order valence-corrected chi connectivity index (χ0v) is 6.19. The van der Waals surface area contributed by atoms with Crippen molar-refractivity contribution in [1.29, 1.82) is 0 Å². The van der Waals surface area contributed by atoms with Gasteiger partial charge in [-0.05, 0) is 13.5 Å².